The van der Waals surface area contributed by atoms with Gasteiger partial charge in [0.1, 0.15) is 0 Å². The van der Waals surface area contributed by atoms with Crippen molar-refractivity contribution >= 4 is 19.3 Å². The van der Waals surface area contributed by atoms with Crippen molar-refractivity contribution in [3.8, 4) is 0 Å². The fraction of sp³-hybridized carbons (Fsp3) is 0.833. The Morgan fingerprint density at radius 2 is 1.06 bits per heavy atom. The molecule has 0 N–H and O–H groups in total. The molecule has 0 bridgehead atoms. The number of anilines is 2. The van der Waals surface area contributed by atoms with Crippen molar-refractivity contribution in [3.63, 3.8) is 0 Å². The van der Waals surface area contributed by atoms with Crippen LogP contribution in [0, 0.1) is 0 Å². The van der Waals surface area contributed by atoms with Crippen LogP contribution in [-0.2, 0) is 0 Å². The molecule has 2 heterocycles. The molecule has 4 heteroatoms. The molecule has 190 valence electrons. The molecule has 0 saturated heterocycles. The van der Waals surface area contributed by atoms with Crippen molar-refractivity contribution in [3.05, 3.63) is 18.5 Å². The normalized spacial score (nSPS) is 28.2. The van der Waals surface area contributed by atoms with Gasteiger partial charge < -0.3 is 9.80 Å². The number of aromatic nitrogens is 1. The Morgan fingerprint density at radius 1 is 0.647 bits per heavy atom. The largest absolute Gasteiger partial charge is 0.365 e. The minimum atomic E-state index is 0.436. The molecule has 4 fully saturated rings. The first-order valence-electron chi connectivity index (χ1n) is 15.1. The maximum absolute atomic E-state index is 4.33. The van der Waals surface area contributed by atoms with Crippen LogP contribution in [0.2, 0.25) is 0 Å². The zero-order chi connectivity index (χ0) is 23.3. The van der Waals surface area contributed by atoms with Crippen LogP contribution in [0.1, 0.15) is 117 Å². The molecule has 5 aliphatic rings. The summed E-state index contributed by atoms with van der Waals surface area (Å²) < 4.78 is 0. The number of likely N-dealkylation sites (N-methyl/N-ethyl adjacent to an activating group) is 2. The lowest BCUT2D eigenvalue weighted by Gasteiger charge is -2.51. The third-order valence-corrected chi connectivity index (χ3v) is 13.9. The van der Waals surface area contributed by atoms with Crippen LogP contribution in [0.4, 0.5) is 11.4 Å². The Labute approximate surface area is 211 Å². The molecule has 6 rings (SSSR count). The van der Waals surface area contributed by atoms with Gasteiger partial charge in [0, 0.05) is 31.4 Å². The van der Waals surface area contributed by atoms with Gasteiger partial charge in [-0.1, -0.05) is 59.3 Å². The lowest BCUT2D eigenvalue weighted by molar-refractivity contribution is 0.339. The number of hydrogen-bond donors (Lipinski definition) is 0. The van der Waals surface area contributed by atoms with Crippen molar-refractivity contribution in [2.75, 3.05) is 22.9 Å². The SMILES string of the molecule is C1CCC(P(C2CCCC2)C2CCCC2)C1.CCN1c2ccncc2N(CC)C2CCCCC21. The Morgan fingerprint density at radius 3 is 1.50 bits per heavy atom. The molecule has 2 atom stereocenters. The molecule has 0 amide bonds. The summed E-state index contributed by atoms with van der Waals surface area (Å²) in [5.74, 6) is 0. The van der Waals surface area contributed by atoms with Crippen molar-refractivity contribution < 1.29 is 0 Å². The monoisotopic (exact) mass is 483 g/mol. The van der Waals surface area contributed by atoms with Crippen LogP contribution in [0.15, 0.2) is 18.5 Å². The fourth-order valence-electron chi connectivity index (χ4n) is 8.33. The van der Waals surface area contributed by atoms with E-state index < -0.39 is 0 Å². The molecule has 0 radical (unpaired) electrons. The predicted octanol–water partition coefficient (Wildman–Crippen LogP) is 8.36. The first-order chi connectivity index (χ1) is 16.8. The van der Waals surface area contributed by atoms with Crippen LogP contribution >= 0.6 is 7.92 Å². The van der Waals surface area contributed by atoms with Gasteiger partial charge in [0.05, 0.1) is 17.6 Å². The molecule has 0 aromatic carbocycles. The summed E-state index contributed by atoms with van der Waals surface area (Å²) in [5.41, 5.74) is 6.35. The summed E-state index contributed by atoms with van der Waals surface area (Å²) in [6.45, 7) is 6.74. The first-order valence-corrected chi connectivity index (χ1v) is 16.6. The van der Waals surface area contributed by atoms with Crippen molar-refractivity contribution in [2.24, 2.45) is 0 Å². The van der Waals surface area contributed by atoms with E-state index in [9.17, 15) is 0 Å². The maximum atomic E-state index is 4.33. The molecule has 1 aromatic rings. The number of hydrogen-bond acceptors (Lipinski definition) is 3. The third-order valence-electron chi connectivity index (χ3n) is 9.81. The van der Waals surface area contributed by atoms with Crippen molar-refractivity contribution in [1.82, 2.24) is 4.98 Å². The molecule has 0 spiro atoms. The van der Waals surface area contributed by atoms with E-state index >= 15 is 0 Å². The highest BCUT2D eigenvalue weighted by molar-refractivity contribution is 7.60. The maximum Gasteiger partial charge on any atom is 0.0793 e. The van der Waals surface area contributed by atoms with E-state index in [1.165, 1.54) is 54.0 Å². The average molecular weight is 484 g/mol. The number of fused-ring (bicyclic) bond motifs is 2. The van der Waals surface area contributed by atoms with Gasteiger partial charge in [-0.05, 0) is 88.3 Å². The molecule has 4 aliphatic carbocycles. The predicted molar refractivity (Wildman–Crippen MR) is 150 cm³/mol. The Balaban J connectivity index is 0.000000142. The summed E-state index contributed by atoms with van der Waals surface area (Å²) in [4.78, 5) is 9.52. The molecule has 34 heavy (non-hydrogen) atoms. The zero-order valence-corrected chi connectivity index (χ0v) is 23.0. The third kappa shape index (κ3) is 5.16. The van der Waals surface area contributed by atoms with Gasteiger partial charge in [-0.25, -0.2) is 0 Å². The van der Waals surface area contributed by atoms with Gasteiger partial charge in [0.2, 0.25) is 0 Å². The summed E-state index contributed by atoms with van der Waals surface area (Å²) >= 11 is 0. The van der Waals surface area contributed by atoms with Gasteiger partial charge in [-0.3, -0.25) is 4.98 Å². The van der Waals surface area contributed by atoms with Crippen LogP contribution in [0.5, 0.6) is 0 Å². The van der Waals surface area contributed by atoms with E-state index in [0.29, 0.717) is 20.0 Å². The van der Waals surface area contributed by atoms with Crippen LogP contribution in [-0.4, -0.2) is 47.1 Å². The summed E-state index contributed by atoms with van der Waals surface area (Å²) in [7, 11) is 0.436. The van der Waals surface area contributed by atoms with E-state index in [-0.39, 0.29) is 0 Å². The second kappa shape index (κ2) is 11.9. The van der Waals surface area contributed by atoms with E-state index in [2.05, 4.69) is 34.7 Å². The van der Waals surface area contributed by atoms with E-state index in [4.69, 9.17) is 0 Å². The highest BCUT2D eigenvalue weighted by Gasteiger charge is 2.40. The van der Waals surface area contributed by atoms with Crippen LogP contribution in [0.3, 0.4) is 0 Å². The quantitative estimate of drug-likeness (QED) is 0.392. The average Bonchev–Trinajstić information content (AvgIpc) is 3.68. The smallest absolute Gasteiger partial charge is 0.0793 e. The second-order valence-corrected chi connectivity index (χ2v) is 14.7. The van der Waals surface area contributed by atoms with Crippen LogP contribution in [0.25, 0.3) is 0 Å². The zero-order valence-electron chi connectivity index (χ0n) is 22.1. The van der Waals surface area contributed by atoms with E-state index in [1.807, 2.05) is 12.4 Å². The topological polar surface area (TPSA) is 19.4 Å². The van der Waals surface area contributed by atoms with Gasteiger partial charge in [-0.2, -0.15) is 0 Å². The summed E-state index contributed by atoms with van der Waals surface area (Å²) in [6, 6.07) is 3.59. The first kappa shape index (κ1) is 24.9. The summed E-state index contributed by atoms with van der Waals surface area (Å²) in [6.07, 6.45) is 28.4. The minimum Gasteiger partial charge on any atom is -0.365 e. The lowest BCUT2D eigenvalue weighted by atomic mass is 9.85. The molecule has 1 aliphatic heterocycles. The fourth-order valence-corrected chi connectivity index (χ4v) is 13.0. The highest BCUT2D eigenvalue weighted by Crippen LogP contribution is 2.63. The molecule has 2 unspecified atom stereocenters. The van der Waals surface area contributed by atoms with E-state index in [0.717, 1.165) is 13.1 Å². The van der Waals surface area contributed by atoms with E-state index in [1.54, 1.807) is 77.0 Å². The standard InChI is InChI=1S/C15H23N3.C15H27P/c1-3-17-12-7-5-6-8-13(12)18(4-2)15-11-16-10-9-14(15)17;1-2-8-13(7-1)16(14-9-3-4-10-14)15-11-5-6-12-15/h9-13H,3-8H2,1-2H3;13-15H,1-12H2. The number of rotatable bonds is 5. The molecular formula is C30H50N3P. The Bertz CT molecular complexity index is 674. The number of pyridine rings is 1. The van der Waals surface area contributed by atoms with Gasteiger partial charge >= 0.3 is 0 Å². The van der Waals surface area contributed by atoms with Gasteiger partial charge in [0.15, 0.2) is 0 Å². The summed E-state index contributed by atoms with van der Waals surface area (Å²) in [5, 5.41) is 0. The number of nitrogens with zero attached hydrogens (tertiary/aromatic N) is 3. The minimum absolute atomic E-state index is 0.436. The highest BCUT2D eigenvalue weighted by atomic mass is 31.1. The van der Waals surface area contributed by atoms with Gasteiger partial charge in [0.25, 0.3) is 0 Å². The Hall–Kier alpha value is -0.820. The Kier molecular flexibility index (Phi) is 8.73. The van der Waals surface area contributed by atoms with Crippen molar-refractivity contribution in [2.45, 2.75) is 146 Å². The molecular weight excluding hydrogens is 433 g/mol. The van der Waals surface area contributed by atoms with Gasteiger partial charge in [-0.15, -0.1) is 0 Å². The second-order valence-electron chi connectivity index (χ2n) is 11.6. The lowest BCUT2D eigenvalue weighted by Crippen LogP contribution is -2.57. The van der Waals surface area contributed by atoms with Crippen molar-refractivity contribution in [1.29, 1.82) is 0 Å². The molecule has 4 saturated carbocycles. The molecule has 3 nitrogen and oxygen atoms in total. The molecule has 1 aromatic heterocycles. The van der Waals surface area contributed by atoms with Crippen LogP contribution < -0.4 is 9.80 Å².